The zero-order valence-corrected chi connectivity index (χ0v) is 19.8. The number of aromatic nitrogens is 2. The van der Waals surface area contributed by atoms with Gasteiger partial charge in [-0.15, -0.1) is 11.3 Å². The predicted molar refractivity (Wildman–Crippen MR) is 125 cm³/mol. The molecular formula is C23H23N3O7S. The van der Waals surface area contributed by atoms with E-state index in [0.717, 1.165) is 11.3 Å². The highest BCUT2D eigenvalue weighted by Crippen LogP contribution is 2.33. The average molecular weight is 486 g/mol. The molecule has 1 aliphatic rings. The number of fused-ring (bicyclic) bond motifs is 2. The average Bonchev–Trinajstić information content (AvgIpc) is 3.17. The number of ketones is 1. The van der Waals surface area contributed by atoms with Gasteiger partial charge >= 0.3 is 5.97 Å². The molecule has 11 heteroatoms. The summed E-state index contributed by atoms with van der Waals surface area (Å²) in [5.41, 5.74) is 0.905. The van der Waals surface area contributed by atoms with Gasteiger partial charge in [0.05, 0.1) is 30.6 Å². The number of carbonyl (C=O) groups excluding carboxylic acids is 3. The van der Waals surface area contributed by atoms with Crippen LogP contribution in [0.15, 0.2) is 29.3 Å². The molecule has 0 aliphatic carbocycles. The summed E-state index contributed by atoms with van der Waals surface area (Å²) in [5.74, 6) is -0.537. The van der Waals surface area contributed by atoms with Gasteiger partial charge in [-0.05, 0) is 37.6 Å². The van der Waals surface area contributed by atoms with E-state index in [9.17, 15) is 19.2 Å². The lowest BCUT2D eigenvalue weighted by Gasteiger charge is -2.28. The number of rotatable bonds is 8. The minimum atomic E-state index is -0.550. The third kappa shape index (κ3) is 4.31. The first-order valence-electron chi connectivity index (χ1n) is 10.6. The van der Waals surface area contributed by atoms with Crippen LogP contribution in [0.1, 0.15) is 32.5 Å². The second-order valence-corrected chi connectivity index (χ2v) is 8.57. The Bertz CT molecular complexity index is 1340. The Labute approximate surface area is 198 Å². The summed E-state index contributed by atoms with van der Waals surface area (Å²) >= 11 is 1.07. The number of esters is 1. The maximum absolute atomic E-state index is 13.1. The first kappa shape index (κ1) is 23.6. The zero-order valence-electron chi connectivity index (χ0n) is 19.0. The van der Waals surface area contributed by atoms with Crippen LogP contribution in [-0.2, 0) is 20.8 Å². The molecular weight excluding hydrogens is 462 g/mol. The van der Waals surface area contributed by atoms with Crippen molar-refractivity contribution in [2.75, 3.05) is 38.4 Å². The van der Waals surface area contributed by atoms with E-state index in [1.165, 1.54) is 18.0 Å². The van der Waals surface area contributed by atoms with Crippen LogP contribution in [0.3, 0.4) is 0 Å². The monoisotopic (exact) mass is 485 g/mol. The number of methoxy groups -OCH3 is 1. The molecule has 0 saturated heterocycles. The fraction of sp³-hybridized carbons (Fsp3) is 0.348. The Kier molecular flexibility index (Phi) is 6.75. The number of ether oxygens (including phenoxy) is 3. The first-order valence-corrected chi connectivity index (χ1v) is 11.4. The van der Waals surface area contributed by atoms with Gasteiger partial charge in [-0.2, -0.15) is 0 Å². The van der Waals surface area contributed by atoms with Gasteiger partial charge in [-0.25, -0.2) is 9.78 Å². The van der Waals surface area contributed by atoms with Gasteiger partial charge in [-0.1, -0.05) is 0 Å². The van der Waals surface area contributed by atoms with Crippen LogP contribution in [0.2, 0.25) is 0 Å². The molecule has 34 heavy (non-hydrogen) atoms. The number of Topliss-reactive ketones (excluding diaryl/α,β-unsaturated/α-hetero) is 1. The highest BCUT2D eigenvalue weighted by Gasteiger charge is 2.26. The van der Waals surface area contributed by atoms with Crippen molar-refractivity contribution in [1.29, 1.82) is 0 Å². The van der Waals surface area contributed by atoms with Gasteiger partial charge in [0.2, 0.25) is 0 Å². The molecule has 178 valence electrons. The molecule has 0 radical (unpaired) electrons. The highest BCUT2D eigenvalue weighted by atomic mass is 32.1. The van der Waals surface area contributed by atoms with Crippen molar-refractivity contribution in [2.24, 2.45) is 0 Å². The summed E-state index contributed by atoms with van der Waals surface area (Å²) in [7, 11) is 1.50. The van der Waals surface area contributed by atoms with Crippen molar-refractivity contribution in [3.05, 3.63) is 50.9 Å². The minimum Gasteiger partial charge on any atom is -0.482 e. The summed E-state index contributed by atoms with van der Waals surface area (Å²) in [6, 6.07) is 4.84. The van der Waals surface area contributed by atoms with Crippen molar-refractivity contribution in [2.45, 2.75) is 20.4 Å². The molecule has 2 aromatic heterocycles. The number of likely N-dealkylation sites (N-methyl/N-ethyl adjacent to an activating group) is 1. The molecule has 1 aromatic carbocycles. The lowest BCUT2D eigenvalue weighted by atomic mass is 10.1. The van der Waals surface area contributed by atoms with Gasteiger partial charge < -0.3 is 19.1 Å². The Morgan fingerprint density at radius 1 is 1.24 bits per heavy atom. The minimum absolute atomic E-state index is 0.0445. The number of carbonyl (C=O) groups is 3. The molecule has 3 aromatic rings. The summed E-state index contributed by atoms with van der Waals surface area (Å²) in [6.45, 7) is 4.01. The lowest BCUT2D eigenvalue weighted by Crippen LogP contribution is -2.38. The lowest BCUT2D eigenvalue weighted by molar-refractivity contribution is -0.121. The maximum atomic E-state index is 13.1. The summed E-state index contributed by atoms with van der Waals surface area (Å²) in [4.78, 5) is 57.1. The van der Waals surface area contributed by atoms with E-state index in [2.05, 4.69) is 4.98 Å². The van der Waals surface area contributed by atoms with Crippen LogP contribution < -0.4 is 15.2 Å². The van der Waals surface area contributed by atoms with Crippen molar-refractivity contribution < 1.29 is 28.6 Å². The topological polar surface area (TPSA) is 117 Å². The molecule has 4 rings (SSSR count). The SMILES string of the molecule is CCN1C(=O)COc2ccc(C(=O)Cn3cnc4sc(C(=O)OCCOC)c(C)c4c3=O)cc21. The van der Waals surface area contributed by atoms with Crippen LogP contribution in [0, 0.1) is 6.92 Å². The fourth-order valence-electron chi connectivity index (χ4n) is 3.72. The molecule has 1 aliphatic heterocycles. The van der Waals surface area contributed by atoms with E-state index in [0.29, 0.717) is 38.8 Å². The number of anilines is 1. The van der Waals surface area contributed by atoms with Crippen molar-refractivity contribution in [1.82, 2.24) is 9.55 Å². The smallest absolute Gasteiger partial charge is 0.348 e. The van der Waals surface area contributed by atoms with E-state index in [-0.39, 0.29) is 43.4 Å². The largest absolute Gasteiger partial charge is 0.482 e. The van der Waals surface area contributed by atoms with Gasteiger partial charge in [0.1, 0.15) is 22.1 Å². The van der Waals surface area contributed by atoms with Gasteiger partial charge in [0, 0.05) is 19.2 Å². The van der Waals surface area contributed by atoms with E-state index in [4.69, 9.17) is 14.2 Å². The van der Waals surface area contributed by atoms with Crippen molar-refractivity contribution in [3.8, 4) is 5.75 Å². The third-order valence-corrected chi connectivity index (χ3v) is 6.66. The Morgan fingerprint density at radius 2 is 2.03 bits per heavy atom. The second-order valence-electron chi connectivity index (χ2n) is 7.58. The number of nitrogens with zero attached hydrogens (tertiary/aromatic N) is 3. The molecule has 0 bridgehead atoms. The van der Waals surface area contributed by atoms with Gasteiger partial charge in [0.15, 0.2) is 12.4 Å². The van der Waals surface area contributed by atoms with Crippen molar-refractivity contribution >= 4 is 44.9 Å². The fourth-order valence-corrected chi connectivity index (χ4v) is 4.75. The zero-order chi connectivity index (χ0) is 24.4. The van der Waals surface area contributed by atoms with E-state index in [1.54, 1.807) is 30.0 Å². The van der Waals surface area contributed by atoms with E-state index in [1.807, 2.05) is 6.92 Å². The normalized spacial score (nSPS) is 13.0. The predicted octanol–water partition coefficient (Wildman–Crippen LogP) is 2.20. The highest BCUT2D eigenvalue weighted by molar-refractivity contribution is 7.20. The number of hydrogen-bond acceptors (Lipinski definition) is 9. The molecule has 3 heterocycles. The summed E-state index contributed by atoms with van der Waals surface area (Å²) in [5, 5.41) is 0.278. The molecule has 0 saturated carbocycles. The number of thiophene rings is 1. The number of aryl methyl sites for hydroxylation is 1. The Balaban J connectivity index is 1.61. The van der Waals surface area contributed by atoms with Gasteiger partial charge in [0.25, 0.3) is 11.5 Å². The molecule has 0 atom stereocenters. The molecule has 10 nitrogen and oxygen atoms in total. The Hall–Kier alpha value is -3.57. The molecule has 0 spiro atoms. The quantitative estimate of drug-likeness (QED) is 0.271. The van der Waals surface area contributed by atoms with Crippen LogP contribution in [0.25, 0.3) is 10.2 Å². The summed E-state index contributed by atoms with van der Waals surface area (Å²) < 4.78 is 16.7. The second kappa shape index (κ2) is 9.74. The first-order chi connectivity index (χ1) is 16.3. The number of hydrogen-bond donors (Lipinski definition) is 0. The molecule has 1 amide bonds. The number of benzene rings is 1. The maximum Gasteiger partial charge on any atom is 0.348 e. The molecule has 0 fully saturated rings. The van der Waals surface area contributed by atoms with Crippen LogP contribution in [0.5, 0.6) is 5.75 Å². The summed E-state index contributed by atoms with van der Waals surface area (Å²) in [6.07, 6.45) is 1.29. The van der Waals surface area contributed by atoms with Crippen LogP contribution in [0.4, 0.5) is 5.69 Å². The third-order valence-electron chi connectivity index (χ3n) is 5.48. The number of amides is 1. The molecule has 0 N–H and O–H groups in total. The van der Waals surface area contributed by atoms with Crippen LogP contribution >= 0.6 is 11.3 Å². The Morgan fingerprint density at radius 3 is 2.76 bits per heavy atom. The van der Waals surface area contributed by atoms with E-state index < -0.39 is 11.5 Å². The van der Waals surface area contributed by atoms with Crippen molar-refractivity contribution in [3.63, 3.8) is 0 Å². The molecule has 0 unspecified atom stereocenters. The standard InChI is InChI=1S/C23H23N3O7S/c1-4-26-15-9-14(5-6-17(15)33-11-18(26)28)16(27)10-25-12-24-21-19(22(25)29)13(2)20(34-21)23(30)32-8-7-31-3/h5-6,9,12H,4,7-8,10-11H2,1-3H3. The van der Waals surface area contributed by atoms with E-state index >= 15 is 0 Å². The van der Waals surface area contributed by atoms with Crippen LogP contribution in [-0.4, -0.2) is 60.7 Å². The van der Waals surface area contributed by atoms with Gasteiger partial charge in [-0.3, -0.25) is 19.0 Å².